The molecule has 1 fully saturated rings. The average Bonchev–Trinajstić information content (AvgIpc) is 2.84. The van der Waals surface area contributed by atoms with Crippen LogP contribution in [-0.4, -0.2) is 34.1 Å². The number of alkyl halides is 3. The van der Waals surface area contributed by atoms with Crippen LogP contribution in [0.2, 0.25) is 0 Å². The molecule has 8 heteroatoms. The van der Waals surface area contributed by atoms with E-state index < -0.39 is 23.3 Å². The number of carboxylic acid groups (broad SMARTS) is 1. The molecule has 0 bridgehead atoms. The maximum Gasteiger partial charge on any atom is 0.433 e. The van der Waals surface area contributed by atoms with Crippen LogP contribution >= 0.6 is 0 Å². The summed E-state index contributed by atoms with van der Waals surface area (Å²) in [5.74, 6) is -1.01. The van der Waals surface area contributed by atoms with Crippen molar-refractivity contribution in [3.05, 3.63) is 18.0 Å². The number of aromatic nitrogens is 2. The van der Waals surface area contributed by atoms with Crippen LogP contribution in [0.1, 0.15) is 25.5 Å². The number of halogens is 3. The SMILES string of the molecule is CCC1(C(=O)O)CCN(c2nccc(C(F)(F)F)n2)C1. The van der Waals surface area contributed by atoms with Gasteiger partial charge in [0.05, 0.1) is 5.41 Å². The number of hydrogen-bond acceptors (Lipinski definition) is 4. The molecule has 1 aromatic heterocycles. The summed E-state index contributed by atoms with van der Waals surface area (Å²) in [6, 6.07) is 0.795. The van der Waals surface area contributed by atoms with Crippen molar-refractivity contribution < 1.29 is 23.1 Å². The van der Waals surface area contributed by atoms with Crippen LogP contribution in [0.5, 0.6) is 0 Å². The third-order valence-electron chi connectivity index (χ3n) is 3.70. The van der Waals surface area contributed by atoms with Gasteiger partial charge in [0.25, 0.3) is 0 Å². The predicted molar refractivity (Wildman–Crippen MR) is 64.2 cm³/mol. The highest BCUT2D eigenvalue weighted by Crippen LogP contribution is 2.36. The number of aliphatic carboxylic acids is 1. The van der Waals surface area contributed by atoms with E-state index in [1.807, 2.05) is 0 Å². The Morgan fingerprint density at radius 3 is 2.75 bits per heavy atom. The Morgan fingerprint density at radius 1 is 1.55 bits per heavy atom. The van der Waals surface area contributed by atoms with E-state index in [0.717, 1.165) is 12.3 Å². The van der Waals surface area contributed by atoms with Crippen LogP contribution in [0, 0.1) is 5.41 Å². The van der Waals surface area contributed by atoms with Crippen molar-refractivity contribution in [3.8, 4) is 0 Å². The molecule has 1 saturated heterocycles. The minimum atomic E-state index is -4.54. The van der Waals surface area contributed by atoms with Gasteiger partial charge < -0.3 is 10.0 Å². The van der Waals surface area contributed by atoms with Crippen molar-refractivity contribution in [1.82, 2.24) is 9.97 Å². The lowest BCUT2D eigenvalue weighted by Crippen LogP contribution is -2.34. The van der Waals surface area contributed by atoms with Gasteiger partial charge in [-0.3, -0.25) is 4.79 Å². The van der Waals surface area contributed by atoms with E-state index in [4.69, 9.17) is 0 Å². The van der Waals surface area contributed by atoms with Gasteiger partial charge in [0, 0.05) is 19.3 Å². The summed E-state index contributed by atoms with van der Waals surface area (Å²) in [5.41, 5.74) is -1.95. The molecule has 0 aliphatic carbocycles. The van der Waals surface area contributed by atoms with Crippen LogP contribution in [-0.2, 0) is 11.0 Å². The molecule has 0 amide bonds. The summed E-state index contributed by atoms with van der Waals surface area (Å²) in [6.07, 6.45) is -2.71. The van der Waals surface area contributed by atoms with E-state index >= 15 is 0 Å². The summed E-state index contributed by atoms with van der Waals surface area (Å²) in [6.45, 7) is 2.21. The number of hydrogen-bond donors (Lipinski definition) is 1. The maximum absolute atomic E-state index is 12.6. The first-order valence-electron chi connectivity index (χ1n) is 6.17. The fourth-order valence-electron chi connectivity index (χ4n) is 2.32. The minimum absolute atomic E-state index is 0.0728. The van der Waals surface area contributed by atoms with Crippen molar-refractivity contribution in [3.63, 3.8) is 0 Å². The zero-order chi connectivity index (χ0) is 15.0. The van der Waals surface area contributed by atoms with Gasteiger partial charge in [0.1, 0.15) is 5.69 Å². The lowest BCUT2D eigenvalue weighted by atomic mass is 9.84. The number of nitrogens with zero attached hydrogens (tertiary/aromatic N) is 3. The zero-order valence-electron chi connectivity index (χ0n) is 10.8. The monoisotopic (exact) mass is 289 g/mol. The molecule has 1 N–H and O–H groups in total. The van der Waals surface area contributed by atoms with Crippen molar-refractivity contribution in [1.29, 1.82) is 0 Å². The number of carboxylic acids is 1. The average molecular weight is 289 g/mol. The standard InChI is InChI=1S/C12H14F3N3O2/c1-2-11(9(19)20)4-6-18(7-11)10-16-5-3-8(17-10)12(13,14)15/h3,5H,2,4,6-7H2,1H3,(H,19,20). The van der Waals surface area contributed by atoms with Gasteiger partial charge in [-0.05, 0) is 18.9 Å². The molecule has 1 aliphatic heterocycles. The zero-order valence-corrected chi connectivity index (χ0v) is 10.8. The van der Waals surface area contributed by atoms with Crippen LogP contribution in [0.15, 0.2) is 12.3 Å². The van der Waals surface area contributed by atoms with Crippen LogP contribution in [0.3, 0.4) is 0 Å². The fraction of sp³-hybridized carbons (Fsp3) is 0.583. The molecule has 1 unspecified atom stereocenters. The molecule has 1 atom stereocenters. The second-order valence-corrected chi connectivity index (χ2v) is 4.85. The molecule has 0 radical (unpaired) electrons. The molecule has 1 aliphatic rings. The molecule has 1 aromatic rings. The molecule has 5 nitrogen and oxygen atoms in total. The second-order valence-electron chi connectivity index (χ2n) is 4.85. The Kier molecular flexibility index (Phi) is 3.58. The third-order valence-corrected chi connectivity index (χ3v) is 3.70. The normalized spacial score (nSPS) is 23.1. The quantitative estimate of drug-likeness (QED) is 0.924. The molecule has 2 heterocycles. The van der Waals surface area contributed by atoms with E-state index in [1.54, 1.807) is 6.92 Å². The Morgan fingerprint density at radius 2 is 2.25 bits per heavy atom. The second kappa shape index (κ2) is 4.92. The molecular formula is C12H14F3N3O2. The van der Waals surface area contributed by atoms with Crippen molar-refractivity contribution in [2.24, 2.45) is 5.41 Å². The van der Waals surface area contributed by atoms with Crippen molar-refractivity contribution >= 4 is 11.9 Å². The van der Waals surface area contributed by atoms with Gasteiger partial charge in [-0.2, -0.15) is 13.2 Å². The lowest BCUT2D eigenvalue weighted by Gasteiger charge is -2.23. The molecule has 2 rings (SSSR count). The maximum atomic E-state index is 12.6. The van der Waals surface area contributed by atoms with Crippen LogP contribution < -0.4 is 4.90 Å². The van der Waals surface area contributed by atoms with Gasteiger partial charge in [-0.25, -0.2) is 9.97 Å². The third kappa shape index (κ3) is 2.54. The molecule has 110 valence electrons. The van der Waals surface area contributed by atoms with Gasteiger partial charge in [0.15, 0.2) is 0 Å². The summed E-state index contributed by atoms with van der Waals surface area (Å²) in [5, 5.41) is 9.26. The lowest BCUT2D eigenvalue weighted by molar-refractivity contribution is -0.148. The Hall–Kier alpha value is -1.86. The molecule has 0 spiro atoms. The minimum Gasteiger partial charge on any atom is -0.481 e. The summed E-state index contributed by atoms with van der Waals surface area (Å²) in [7, 11) is 0. The predicted octanol–water partition coefficient (Wildman–Crippen LogP) is 2.19. The van der Waals surface area contributed by atoms with Crippen molar-refractivity contribution in [2.75, 3.05) is 18.0 Å². The first kappa shape index (κ1) is 14.5. The number of carbonyl (C=O) groups is 1. The molecule has 0 aromatic carbocycles. The first-order chi connectivity index (χ1) is 9.28. The van der Waals surface area contributed by atoms with Crippen LogP contribution in [0.4, 0.5) is 19.1 Å². The summed E-state index contributed by atoms with van der Waals surface area (Å²) in [4.78, 5) is 20.1. The highest BCUT2D eigenvalue weighted by Gasteiger charge is 2.44. The molecule has 20 heavy (non-hydrogen) atoms. The smallest absolute Gasteiger partial charge is 0.433 e. The highest BCUT2D eigenvalue weighted by molar-refractivity contribution is 5.76. The van der Waals surface area contributed by atoms with E-state index in [2.05, 4.69) is 9.97 Å². The Labute approximate surface area is 113 Å². The van der Waals surface area contributed by atoms with Gasteiger partial charge in [-0.15, -0.1) is 0 Å². The van der Waals surface area contributed by atoms with Gasteiger partial charge in [-0.1, -0.05) is 6.92 Å². The first-order valence-corrected chi connectivity index (χ1v) is 6.17. The van der Waals surface area contributed by atoms with Gasteiger partial charge >= 0.3 is 12.1 Å². The summed E-state index contributed by atoms with van der Waals surface area (Å²) >= 11 is 0. The fourth-order valence-corrected chi connectivity index (χ4v) is 2.32. The van der Waals surface area contributed by atoms with Gasteiger partial charge in [0.2, 0.25) is 5.95 Å². The number of anilines is 1. The van der Waals surface area contributed by atoms with E-state index in [0.29, 0.717) is 19.4 Å². The Bertz CT molecular complexity index is 521. The summed E-state index contributed by atoms with van der Waals surface area (Å²) < 4.78 is 37.8. The van der Waals surface area contributed by atoms with Crippen LogP contribution in [0.25, 0.3) is 0 Å². The van der Waals surface area contributed by atoms with Crippen molar-refractivity contribution in [2.45, 2.75) is 25.9 Å². The number of rotatable bonds is 3. The Balaban J connectivity index is 2.25. The molecule has 0 saturated carbocycles. The van der Waals surface area contributed by atoms with E-state index in [1.165, 1.54) is 4.90 Å². The largest absolute Gasteiger partial charge is 0.481 e. The van der Waals surface area contributed by atoms with E-state index in [-0.39, 0.29) is 12.5 Å². The topological polar surface area (TPSA) is 66.3 Å². The highest BCUT2D eigenvalue weighted by atomic mass is 19.4. The molecular weight excluding hydrogens is 275 g/mol. The van der Waals surface area contributed by atoms with E-state index in [9.17, 15) is 23.1 Å².